The Balaban J connectivity index is 2.77. The quantitative estimate of drug-likeness (QED) is 0.365. The zero-order chi connectivity index (χ0) is 24.3. The summed E-state index contributed by atoms with van der Waals surface area (Å²) < 4.78 is 90.0. The summed E-state index contributed by atoms with van der Waals surface area (Å²) in [6.45, 7) is 4.78. The smallest absolute Gasteiger partial charge is 0.573 e. The van der Waals surface area contributed by atoms with E-state index in [1.54, 1.807) is 20.8 Å². The highest BCUT2D eigenvalue weighted by atomic mass is 32.2. The molecular weight excluding hydrogens is 459 g/mol. The molecule has 2 rings (SSSR count). The highest BCUT2D eigenvalue weighted by Gasteiger charge is 2.47. The summed E-state index contributed by atoms with van der Waals surface area (Å²) in [4.78, 5) is 16.2. The van der Waals surface area contributed by atoms with E-state index in [4.69, 9.17) is 0 Å². The maximum absolute atomic E-state index is 14.9. The molecule has 0 amide bonds. The van der Waals surface area contributed by atoms with Gasteiger partial charge in [0.2, 0.25) is 0 Å². The van der Waals surface area contributed by atoms with Crippen molar-refractivity contribution in [2.75, 3.05) is 7.11 Å². The van der Waals surface area contributed by atoms with E-state index in [9.17, 15) is 31.3 Å². The lowest BCUT2D eigenvalue weighted by Gasteiger charge is -2.37. The Bertz CT molecular complexity index is 968. The van der Waals surface area contributed by atoms with Crippen molar-refractivity contribution in [3.05, 3.63) is 59.4 Å². The molecule has 2 atom stereocenters. The minimum atomic E-state index is -5.15. The lowest BCUT2D eigenvalue weighted by atomic mass is 9.83. The van der Waals surface area contributed by atoms with Crippen molar-refractivity contribution in [3.8, 4) is 5.75 Å². The van der Waals surface area contributed by atoms with E-state index in [0.717, 1.165) is 19.2 Å². The molecule has 2 aromatic rings. The number of carbonyl (C=O) groups excluding carboxylic acids is 1. The lowest BCUT2D eigenvalue weighted by molar-refractivity contribution is -0.275. The van der Waals surface area contributed by atoms with E-state index >= 15 is 0 Å². The van der Waals surface area contributed by atoms with Crippen LogP contribution in [0.2, 0.25) is 0 Å². The maximum atomic E-state index is 14.9. The minimum absolute atomic E-state index is 0.217. The van der Waals surface area contributed by atoms with Crippen LogP contribution in [0.25, 0.3) is 0 Å². The van der Waals surface area contributed by atoms with E-state index < -0.39 is 63.5 Å². The van der Waals surface area contributed by atoms with Crippen LogP contribution in [-0.2, 0) is 26.4 Å². The van der Waals surface area contributed by atoms with Crippen LogP contribution in [-0.4, -0.2) is 33.7 Å². The van der Waals surface area contributed by atoms with Crippen LogP contribution in [0.15, 0.2) is 36.5 Å². The summed E-state index contributed by atoms with van der Waals surface area (Å²) in [6, 6.07) is 4.59. The summed E-state index contributed by atoms with van der Waals surface area (Å²) in [6.07, 6.45) is -4.65. The topological polar surface area (TPSA) is 83.5 Å². The highest BCUT2D eigenvalue weighted by molar-refractivity contribution is 7.90. The fourth-order valence-electron chi connectivity index (χ4n) is 2.74. The molecule has 176 valence electrons. The Labute approximate surface area is 184 Å². The second kappa shape index (κ2) is 9.59. The fourth-order valence-corrected chi connectivity index (χ4v) is 3.65. The normalized spacial score (nSPS) is 15.1. The number of hydrogen-bond acceptors (Lipinski definition) is 6. The zero-order valence-electron chi connectivity index (χ0n) is 17.5. The van der Waals surface area contributed by atoms with Crippen LogP contribution < -0.4 is 9.46 Å². The standard InChI is InChI=1S/C20H21F5N2O4S/c1-18(2,3)32(29)27-19(11-16(28)30-4,17-13(21)6-5-9-26-17)12-7-8-15(14(22)10-12)31-20(23,24)25/h5-10,27H,11H2,1-4H3/t19-,32+/m0/s1. The van der Waals surface area contributed by atoms with E-state index in [-0.39, 0.29) is 5.56 Å². The molecule has 0 aliphatic heterocycles. The molecular formula is C20H21F5N2O4S. The number of nitrogens with one attached hydrogen (secondary N) is 1. The summed E-state index contributed by atoms with van der Waals surface area (Å²) in [5, 5.41) is 0. The number of halogens is 5. The van der Waals surface area contributed by atoms with Crippen LogP contribution in [0.5, 0.6) is 5.75 Å². The van der Waals surface area contributed by atoms with Crippen LogP contribution in [0.1, 0.15) is 38.4 Å². The number of rotatable bonds is 7. The Morgan fingerprint density at radius 3 is 2.31 bits per heavy atom. The van der Waals surface area contributed by atoms with Gasteiger partial charge in [-0.15, -0.1) is 17.9 Å². The number of hydrogen-bond donors (Lipinski definition) is 1. The number of ether oxygens (including phenoxy) is 2. The second-order valence-corrected chi connectivity index (χ2v) is 9.63. The third kappa shape index (κ3) is 6.08. The highest BCUT2D eigenvalue weighted by Crippen LogP contribution is 2.38. The predicted molar refractivity (Wildman–Crippen MR) is 106 cm³/mol. The second-order valence-electron chi connectivity index (χ2n) is 7.67. The summed E-state index contributed by atoms with van der Waals surface area (Å²) in [5.41, 5.74) is -2.69. The monoisotopic (exact) mass is 480 g/mol. The summed E-state index contributed by atoms with van der Waals surface area (Å²) in [5.74, 6) is -4.39. The molecule has 1 N–H and O–H groups in total. The van der Waals surface area contributed by atoms with Crippen LogP contribution in [0.4, 0.5) is 22.0 Å². The molecule has 1 aromatic carbocycles. The van der Waals surface area contributed by atoms with Crippen molar-refractivity contribution in [1.82, 2.24) is 9.71 Å². The molecule has 0 radical (unpaired) electrons. The molecule has 0 spiro atoms. The number of methoxy groups -OCH3 is 1. The molecule has 32 heavy (non-hydrogen) atoms. The first kappa shape index (κ1) is 25.8. The van der Waals surface area contributed by atoms with Crippen molar-refractivity contribution >= 4 is 17.3 Å². The molecule has 12 heteroatoms. The van der Waals surface area contributed by atoms with Crippen LogP contribution in [0.3, 0.4) is 0 Å². The minimum Gasteiger partial charge on any atom is -0.598 e. The number of benzene rings is 1. The van der Waals surface area contributed by atoms with Crippen molar-refractivity contribution in [2.24, 2.45) is 0 Å². The van der Waals surface area contributed by atoms with Gasteiger partial charge in [-0.3, -0.25) is 9.78 Å². The molecule has 0 fully saturated rings. The maximum Gasteiger partial charge on any atom is 0.573 e. The Hall–Kier alpha value is -2.44. The Kier molecular flexibility index (Phi) is 7.74. The molecule has 0 aliphatic carbocycles. The van der Waals surface area contributed by atoms with Crippen LogP contribution >= 0.6 is 0 Å². The van der Waals surface area contributed by atoms with Gasteiger partial charge in [-0.25, -0.2) is 8.78 Å². The van der Waals surface area contributed by atoms with Gasteiger partial charge in [0.15, 0.2) is 11.6 Å². The van der Waals surface area contributed by atoms with Gasteiger partial charge in [-0.05, 0) is 50.6 Å². The van der Waals surface area contributed by atoms with E-state index in [0.29, 0.717) is 12.1 Å². The van der Waals surface area contributed by atoms with E-state index in [2.05, 4.69) is 19.2 Å². The average molecular weight is 480 g/mol. The largest absolute Gasteiger partial charge is 0.598 e. The van der Waals surface area contributed by atoms with Gasteiger partial charge in [-0.1, -0.05) is 6.07 Å². The van der Waals surface area contributed by atoms with Gasteiger partial charge in [0.05, 0.1) is 13.5 Å². The predicted octanol–water partition coefficient (Wildman–Crippen LogP) is 4.12. The van der Waals surface area contributed by atoms with Crippen molar-refractivity contribution in [3.63, 3.8) is 0 Å². The van der Waals surface area contributed by atoms with Gasteiger partial charge in [0.25, 0.3) is 0 Å². The zero-order valence-corrected chi connectivity index (χ0v) is 18.4. The van der Waals surface area contributed by atoms with Gasteiger partial charge in [-0.2, -0.15) is 0 Å². The first-order chi connectivity index (χ1) is 14.7. The summed E-state index contributed by atoms with van der Waals surface area (Å²) >= 11 is -1.96. The number of pyridine rings is 1. The molecule has 0 saturated heterocycles. The van der Waals surface area contributed by atoms with Gasteiger partial charge in [0.1, 0.15) is 21.8 Å². The average Bonchev–Trinajstić information content (AvgIpc) is 2.67. The number of esters is 1. The first-order valence-corrected chi connectivity index (χ1v) is 10.3. The third-order valence-electron chi connectivity index (χ3n) is 4.27. The Morgan fingerprint density at radius 1 is 1.16 bits per heavy atom. The third-order valence-corrected chi connectivity index (χ3v) is 5.92. The van der Waals surface area contributed by atoms with E-state index in [1.807, 2.05) is 0 Å². The SMILES string of the molecule is COC(=O)C[C@](N[S@+]([O-])C(C)(C)C)(c1ccc(OC(F)(F)F)c(F)c1)c1ncccc1F. The van der Waals surface area contributed by atoms with Gasteiger partial charge < -0.3 is 14.0 Å². The molecule has 0 saturated carbocycles. The summed E-state index contributed by atoms with van der Waals surface area (Å²) in [7, 11) is 1.06. The number of alkyl halides is 3. The number of aromatic nitrogens is 1. The lowest BCUT2D eigenvalue weighted by Crippen LogP contribution is -2.54. The molecule has 0 bridgehead atoms. The fraction of sp³-hybridized carbons (Fsp3) is 0.400. The molecule has 1 aromatic heterocycles. The van der Waals surface area contributed by atoms with Gasteiger partial charge >= 0.3 is 12.3 Å². The van der Waals surface area contributed by atoms with Crippen molar-refractivity contribution in [1.29, 1.82) is 0 Å². The number of carbonyl (C=O) groups is 1. The van der Waals surface area contributed by atoms with E-state index in [1.165, 1.54) is 12.3 Å². The molecule has 0 unspecified atom stereocenters. The Morgan fingerprint density at radius 2 is 1.81 bits per heavy atom. The van der Waals surface area contributed by atoms with Crippen molar-refractivity contribution in [2.45, 2.75) is 43.8 Å². The molecule has 0 aliphatic rings. The van der Waals surface area contributed by atoms with Gasteiger partial charge in [0, 0.05) is 17.6 Å². The van der Waals surface area contributed by atoms with Crippen LogP contribution in [0, 0.1) is 11.6 Å². The molecule has 6 nitrogen and oxygen atoms in total. The first-order valence-electron chi connectivity index (χ1n) is 9.13. The molecule has 1 heterocycles. The van der Waals surface area contributed by atoms with Crippen molar-refractivity contribution < 1.29 is 40.8 Å². The number of nitrogens with zero attached hydrogens (tertiary/aromatic N) is 1.